The van der Waals surface area contributed by atoms with Crippen LogP contribution < -0.4 is 10.1 Å². The van der Waals surface area contributed by atoms with E-state index in [1.807, 2.05) is 0 Å². The molecular weight excluding hydrogens is 392 g/mol. The minimum absolute atomic E-state index is 0.0141. The SMILES string of the molecule is CCOc1ccc(S(=O)(=O)N(CC)CC)cc1NC(=O)C1CCS(=O)(=O)C1. The van der Waals surface area contributed by atoms with Gasteiger partial charge in [0.25, 0.3) is 0 Å². The maximum Gasteiger partial charge on any atom is 0.243 e. The van der Waals surface area contributed by atoms with Gasteiger partial charge < -0.3 is 10.1 Å². The van der Waals surface area contributed by atoms with Crippen molar-refractivity contribution >= 4 is 31.5 Å². The van der Waals surface area contributed by atoms with Gasteiger partial charge in [-0.3, -0.25) is 4.79 Å². The molecule has 0 saturated carbocycles. The number of sulfone groups is 1. The van der Waals surface area contributed by atoms with E-state index in [9.17, 15) is 21.6 Å². The number of carbonyl (C=O) groups excluding carboxylic acids is 1. The monoisotopic (exact) mass is 418 g/mol. The summed E-state index contributed by atoms with van der Waals surface area (Å²) in [5, 5.41) is 2.65. The molecule has 0 aliphatic carbocycles. The van der Waals surface area contributed by atoms with Crippen LogP contribution in [0.5, 0.6) is 5.75 Å². The largest absolute Gasteiger partial charge is 0.492 e. The van der Waals surface area contributed by atoms with Crippen LogP contribution in [0.2, 0.25) is 0 Å². The number of hydrogen-bond acceptors (Lipinski definition) is 6. The Labute approximate surface area is 160 Å². The van der Waals surface area contributed by atoms with Crippen LogP contribution in [0, 0.1) is 5.92 Å². The third-order valence-corrected chi connectivity index (χ3v) is 8.27. The molecule has 0 aromatic heterocycles. The average molecular weight is 419 g/mol. The van der Waals surface area contributed by atoms with Crippen LogP contribution in [-0.4, -0.2) is 58.3 Å². The van der Waals surface area contributed by atoms with Crippen molar-refractivity contribution in [1.29, 1.82) is 0 Å². The second kappa shape index (κ2) is 8.57. The fourth-order valence-corrected chi connectivity index (χ4v) is 6.22. The first kappa shape index (κ1) is 21.6. The van der Waals surface area contributed by atoms with Crippen molar-refractivity contribution in [3.05, 3.63) is 18.2 Å². The molecule has 1 aromatic rings. The van der Waals surface area contributed by atoms with Gasteiger partial charge in [-0.05, 0) is 31.5 Å². The quantitative estimate of drug-likeness (QED) is 0.685. The van der Waals surface area contributed by atoms with E-state index in [-0.39, 0.29) is 28.5 Å². The van der Waals surface area contributed by atoms with Crippen LogP contribution in [0.1, 0.15) is 27.2 Å². The number of ether oxygens (including phenoxy) is 1. The second-order valence-corrected chi connectivity index (χ2v) is 10.4. The zero-order chi connectivity index (χ0) is 20.2. The van der Waals surface area contributed by atoms with Crippen molar-refractivity contribution in [2.45, 2.75) is 32.1 Å². The van der Waals surface area contributed by atoms with Gasteiger partial charge in [-0.1, -0.05) is 13.8 Å². The van der Waals surface area contributed by atoms with E-state index >= 15 is 0 Å². The smallest absolute Gasteiger partial charge is 0.243 e. The van der Waals surface area contributed by atoms with E-state index in [0.717, 1.165) is 0 Å². The lowest BCUT2D eigenvalue weighted by molar-refractivity contribution is -0.119. The number of sulfonamides is 1. The predicted octanol–water partition coefficient (Wildman–Crippen LogP) is 1.49. The van der Waals surface area contributed by atoms with Gasteiger partial charge >= 0.3 is 0 Å². The third kappa shape index (κ3) is 4.99. The van der Waals surface area contributed by atoms with Crippen LogP contribution in [0.4, 0.5) is 5.69 Å². The van der Waals surface area contributed by atoms with Gasteiger partial charge in [-0.25, -0.2) is 16.8 Å². The third-order valence-electron chi connectivity index (χ3n) is 4.46. The summed E-state index contributed by atoms with van der Waals surface area (Å²) in [7, 11) is -6.90. The highest BCUT2D eigenvalue weighted by Gasteiger charge is 2.33. The van der Waals surface area contributed by atoms with E-state index in [2.05, 4.69) is 5.32 Å². The molecule has 1 heterocycles. The lowest BCUT2D eigenvalue weighted by atomic mass is 10.1. The molecule has 1 N–H and O–H groups in total. The summed E-state index contributed by atoms with van der Waals surface area (Å²) in [4.78, 5) is 12.5. The first-order chi connectivity index (χ1) is 12.6. The molecule has 1 aliphatic heterocycles. The van der Waals surface area contributed by atoms with E-state index < -0.39 is 31.7 Å². The highest BCUT2D eigenvalue weighted by atomic mass is 32.2. The first-order valence-electron chi connectivity index (χ1n) is 8.92. The van der Waals surface area contributed by atoms with Crippen molar-refractivity contribution in [2.24, 2.45) is 5.92 Å². The van der Waals surface area contributed by atoms with Gasteiger partial charge in [0.2, 0.25) is 15.9 Å². The molecule has 0 bridgehead atoms. The Hall–Kier alpha value is -1.65. The maximum atomic E-state index is 12.7. The molecule has 27 heavy (non-hydrogen) atoms. The summed E-state index contributed by atoms with van der Waals surface area (Å²) < 4.78 is 55.5. The summed E-state index contributed by atoms with van der Waals surface area (Å²) in [5.74, 6) is -0.966. The highest BCUT2D eigenvalue weighted by Crippen LogP contribution is 2.30. The molecule has 0 spiro atoms. The fourth-order valence-electron chi connectivity index (χ4n) is 3.00. The summed E-state index contributed by atoms with van der Waals surface area (Å²) in [6.07, 6.45) is 0.259. The Bertz CT molecular complexity index is 892. The van der Waals surface area contributed by atoms with E-state index in [1.54, 1.807) is 20.8 Å². The number of hydrogen-bond donors (Lipinski definition) is 1. The number of carbonyl (C=O) groups is 1. The van der Waals surface area contributed by atoms with Crippen LogP contribution in [-0.2, 0) is 24.7 Å². The van der Waals surface area contributed by atoms with E-state index in [1.165, 1.54) is 22.5 Å². The predicted molar refractivity (Wildman–Crippen MR) is 103 cm³/mol. The number of nitrogens with one attached hydrogen (secondary N) is 1. The Kier molecular flexibility index (Phi) is 6.87. The number of rotatable bonds is 8. The van der Waals surface area contributed by atoms with Crippen molar-refractivity contribution in [1.82, 2.24) is 4.31 Å². The Morgan fingerprint density at radius 1 is 1.26 bits per heavy atom. The lowest BCUT2D eigenvalue weighted by Gasteiger charge is -2.20. The molecule has 1 saturated heterocycles. The van der Waals surface area contributed by atoms with Crippen LogP contribution in [0.3, 0.4) is 0 Å². The fraction of sp³-hybridized carbons (Fsp3) is 0.588. The minimum Gasteiger partial charge on any atom is -0.492 e. The van der Waals surface area contributed by atoms with Gasteiger partial charge in [0.05, 0.1) is 34.6 Å². The van der Waals surface area contributed by atoms with Crippen molar-refractivity contribution in [3.63, 3.8) is 0 Å². The Balaban J connectivity index is 2.34. The molecule has 2 rings (SSSR count). The molecule has 1 aliphatic rings. The Morgan fingerprint density at radius 3 is 2.44 bits per heavy atom. The number of amides is 1. The molecule has 1 amide bonds. The molecule has 1 unspecified atom stereocenters. The standard InChI is InChI=1S/C17H26N2O6S2/c1-4-19(5-2)27(23,24)14-7-8-16(25-6-3)15(11-14)18-17(20)13-9-10-26(21,22)12-13/h7-8,11,13H,4-6,9-10,12H2,1-3H3,(H,18,20). The van der Waals surface area contributed by atoms with Crippen molar-refractivity contribution in [2.75, 3.05) is 36.5 Å². The van der Waals surface area contributed by atoms with Gasteiger partial charge in [-0.15, -0.1) is 0 Å². The molecule has 10 heteroatoms. The second-order valence-electron chi connectivity index (χ2n) is 6.27. The van der Waals surface area contributed by atoms with Crippen LogP contribution in [0.25, 0.3) is 0 Å². The molecule has 8 nitrogen and oxygen atoms in total. The molecule has 1 aromatic carbocycles. The molecular formula is C17H26N2O6S2. The van der Waals surface area contributed by atoms with Crippen LogP contribution >= 0.6 is 0 Å². The summed E-state index contributed by atoms with van der Waals surface area (Å²) >= 11 is 0. The summed E-state index contributed by atoms with van der Waals surface area (Å²) in [6.45, 7) is 6.26. The van der Waals surface area contributed by atoms with E-state index in [0.29, 0.717) is 25.4 Å². The summed E-state index contributed by atoms with van der Waals surface area (Å²) in [6, 6.07) is 4.30. The minimum atomic E-state index is -3.70. The van der Waals surface area contributed by atoms with Crippen LogP contribution in [0.15, 0.2) is 23.1 Å². The molecule has 0 radical (unpaired) electrons. The van der Waals surface area contributed by atoms with Crippen molar-refractivity contribution in [3.8, 4) is 5.75 Å². The summed E-state index contributed by atoms with van der Waals surface area (Å²) in [5.41, 5.74) is 0.222. The normalized spacial score (nSPS) is 19.2. The van der Waals surface area contributed by atoms with Gasteiger partial charge in [0.1, 0.15) is 5.75 Å². The van der Waals surface area contributed by atoms with Gasteiger partial charge in [0.15, 0.2) is 9.84 Å². The first-order valence-corrected chi connectivity index (χ1v) is 12.2. The molecule has 152 valence electrons. The van der Waals surface area contributed by atoms with Gasteiger partial charge in [-0.2, -0.15) is 4.31 Å². The number of anilines is 1. The molecule has 1 atom stereocenters. The van der Waals surface area contributed by atoms with Crippen molar-refractivity contribution < 1.29 is 26.4 Å². The van der Waals surface area contributed by atoms with Gasteiger partial charge in [0, 0.05) is 13.1 Å². The lowest BCUT2D eigenvalue weighted by Crippen LogP contribution is -2.30. The maximum absolute atomic E-state index is 12.7. The topological polar surface area (TPSA) is 110 Å². The number of benzene rings is 1. The number of nitrogens with zero attached hydrogens (tertiary/aromatic N) is 1. The Morgan fingerprint density at radius 2 is 1.93 bits per heavy atom. The average Bonchev–Trinajstić information content (AvgIpc) is 2.97. The molecule has 1 fully saturated rings. The van der Waals surface area contributed by atoms with E-state index in [4.69, 9.17) is 4.74 Å². The zero-order valence-electron chi connectivity index (χ0n) is 15.8. The zero-order valence-corrected chi connectivity index (χ0v) is 17.4. The highest BCUT2D eigenvalue weighted by molar-refractivity contribution is 7.91.